The van der Waals surface area contributed by atoms with Gasteiger partial charge in [-0.25, -0.2) is 0 Å². The summed E-state index contributed by atoms with van der Waals surface area (Å²) in [5.41, 5.74) is 8.89. The molecule has 1 saturated heterocycles. The quantitative estimate of drug-likeness (QED) is 0.862. The Balaban J connectivity index is 1.60. The lowest BCUT2D eigenvalue weighted by molar-refractivity contribution is -0.119. The number of amides is 1. The molecule has 0 bridgehead atoms. The Bertz CT molecular complexity index is 495. The molecule has 2 N–H and O–H groups in total. The molecule has 4 nitrogen and oxygen atoms in total. The molecule has 0 radical (unpaired) electrons. The van der Waals surface area contributed by atoms with Gasteiger partial charge >= 0.3 is 0 Å². The Morgan fingerprint density at radius 3 is 3.10 bits per heavy atom. The summed E-state index contributed by atoms with van der Waals surface area (Å²) in [7, 11) is 0. The van der Waals surface area contributed by atoms with Gasteiger partial charge in [-0.15, -0.1) is 0 Å². The first-order valence-corrected chi connectivity index (χ1v) is 7.55. The van der Waals surface area contributed by atoms with E-state index in [1.54, 1.807) is 0 Å². The van der Waals surface area contributed by atoms with E-state index >= 15 is 0 Å². The van der Waals surface area contributed by atoms with Crippen molar-refractivity contribution in [3.8, 4) is 0 Å². The summed E-state index contributed by atoms with van der Waals surface area (Å²) >= 11 is 0. The molecular formula is C16H22N2O2. The Morgan fingerprint density at radius 2 is 2.30 bits per heavy atom. The van der Waals surface area contributed by atoms with Crippen LogP contribution in [0.15, 0.2) is 18.2 Å². The van der Waals surface area contributed by atoms with E-state index in [1.807, 2.05) is 23.1 Å². The number of carbonyl (C=O) groups is 1. The SMILES string of the molecule is Nc1cccc2c1CCN2C(=O)CCC1CCCCO1. The summed E-state index contributed by atoms with van der Waals surface area (Å²) < 4.78 is 5.69. The van der Waals surface area contributed by atoms with E-state index in [0.717, 1.165) is 55.8 Å². The molecule has 2 heterocycles. The Morgan fingerprint density at radius 1 is 1.40 bits per heavy atom. The van der Waals surface area contributed by atoms with Gasteiger partial charge in [0.1, 0.15) is 0 Å². The maximum absolute atomic E-state index is 12.4. The van der Waals surface area contributed by atoms with Crippen LogP contribution >= 0.6 is 0 Å². The van der Waals surface area contributed by atoms with Crippen molar-refractivity contribution >= 4 is 17.3 Å². The molecule has 2 aliphatic heterocycles. The number of nitrogens with zero attached hydrogens (tertiary/aromatic N) is 1. The fraction of sp³-hybridized carbons (Fsp3) is 0.562. The molecule has 1 atom stereocenters. The van der Waals surface area contributed by atoms with Crippen LogP contribution in [0.25, 0.3) is 0 Å². The van der Waals surface area contributed by atoms with Gasteiger partial charge in [0.2, 0.25) is 5.91 Å². The molecule has 1 fully saturated rings. The van der Waals surface area contributed by atoms with E-state index < -0.39 is 0 Å². The van der Waals surface area contributed by atoms with Crippen molar-refractivity contribution in [2.45, 2.75) is 44.6 Å². The zero-order valence-corrected chi connectivity index (χ0v) is 11.8. The van der Waals surface area contributed by atoms with Crippen LogP contribution in [0.5, 0.6) is 0 Å². The molecule has 0 aliphatic carbocycles. The Hall–Kier alpha value is -1.55. The van der Waals surface area contributed by atoms with Gasteiger partial charge in [-0.05, 0) is 44.2 Å². The molecule has 108 valence electrons. The highest BCUT2D eigenvalue weighted by molar-refractivity contribution is 5.96. The number of rotatable bonds is 3. The number of benzene rings is 1. The minimum absolute atomic E-state index is 0.198. The second-order valence-corrected chi connectivity index (χ2v) is 5.67. The number of hydrogen-bond donors (Lipinski definition) is 1. The van der Waals surface area contributed by atoms with Crippen molar-refractivity contribution < 1.29 is 9.53 Å². The number of ether oxygens (including phenoxy) is 1. The summed E-state index contributed by atoms with van der Waals surface area (Å²) in [5.74, 6) is 0.198. The highest BCUT2D eigenvalue weighted by Crippen LogP contribution is 2.32. The first kappa shape index (κ1) is 13.4. The number of fused-ring (bicyclic) bond motifs is 1. The number of nitrogens with two attached hydrogens (primary N) is 1. The van der Waals surface area contributed by atoms with Crippen molar-refractivity contribution in [3.63, 3.8) is 0 Å². The number of carbonyl (C=O) groups excluding carboxylic acids is 1. The van der Waals surface area contributed by atoms with Crippen LogP contribution in [0, 0.1) is 0 Å². The van der Waals surface area contributed by atoms with Gasteiger partial charge in [-0.2, -0.15) is 0 Å². The van der Waals surface area contributed by atoms with E-state index in [0.29, 0.717) is 6.42 Å². The van der Waals surface area contributed by atoms with Crippen molar-refractivity contribution in [2.75, 3.05) is 23.8 Å². The molecule has 1 aromatic carbocycles. The van der Waals surface area contributed by atoms with E-state index in [9.17, 15) is 4.79 Å². The average Bonchev–Trinajstić information content (AvgIpc) is 2.91. The third-order valence-corrected chi connectivity index (χ3v) is 4.32. The molecule has 1 unspecified atom stereocenters. The van der Waals surface area contributed by atoms with Crippen LogP contribution in [0.1, 0.15) is 37.7 Å². The standard InChI is InChI=1S/C16H22N2O2/c17-14-5-3-6-15-13(14)9-10-18(15)16(19)8-7-12-4-1-2-11-20-12/h3,5-6,12H,1-2,4,7-11,17H2. The average molecular weight is 274 g/mol. The van der Waals surface area contributed by atoms with Crippen LogP contribution < -0.4 is 10.6 Å². The first-order chi connectivity index (χ1) is 9.75. The lowest BCUT2D eigenvalue weighted by Crippen LogP contribution is -2.30. The second-order valence-electron chi connectivity index (χ2n) is 5.67. The fourth-order valence-electron chi connectivity index (χ4n) is 3.17. The van der Waals surface area contributed by atoms with E-state index in [-0.39, 0.29) is 12.0 Å². The summed E-state index contributed by atoms with van der Waals surface area (Å²) in [6.45, 7) is 1.61. The molecule has 3 rings (SSSR count). The van der Waals surface area contributed by atoms with Gasteiger partial charge in [0.15, 0.2) is 0 Å². The van der Waals surface area contributed by atoms with Crippen LogP contribution in [-0.4, -0.2) is 25.2 Å². The predicted molar refractivity (Wildman–Crippen MR) is 79.7 cm³/mol. The predicted octanol–water partition coefficient (Wildman–Crippen LogP) is 2.51. The first-order valence-electron chi connectivity index (χ1n) is 7.55. The number of anilines is 2. The van der Waals surface area contributed by atoms with Gasteiger partial charge < -0.3 is 15.4 Å². The zero-order valence-electron chi connectivity index (χ0n) is 11.8. The topological polar surface area (TPSA) is 55.6 Å². The summed E-state index contributed by atoms with van der Waals surface area (Å²) in [6, 6.07) is 5.82. The summed E-state index contributed by atoms with van der Waals surface area (Å²) in [4.78, 5) is 14.3. The lowest BCUT2D eigenvalue weighted by Gasteiger charge is -2.23. The third-order valence-electron chi connectivity index (χ3n) is 4.32. The van der Waals surface area contributed by atoms with E-state index in [1.165, 1.54) is 6.42 Å². The molecule has 0 saturated carbocycles. The van der Waals surface area contributed by atoms with Crippen LogP contribution in [0.4, 0.5) is 11.4 Å². The van der Waals surface area contributed by atoms with Gasteiger partial charge in [-0.3, -0.25) is 4.79 Å². The maximum atomic E-state index is 12.4. The van der Waals surface area contributed by atoms with E-state index in [2.05, 4.69) is 0 Å². The van der Waals surface area contributed by atoms with Gasteiger partial charge in [-0.1, -0.05) is 6.07 Å². The molecular weight excluding hydrogens is 252 g/mol. The molecule has 4 heteroatoms. The van der Waals surface area contributed by atoms with Crippen LogP contribution in [-0.2, 0) is 16.0 Å². The molecule has 2 aliphatic rings. The Kier molecular flexibility index (Phi) is 3.92. The van der Waals surface area contributed by atoms with Crippen molar-refractivity contribution in [1.29, 1.82) is 0 Å². The second kappa shape index (κ2) is 5.83. The third kappa shape index (κ3) is 2.66. The molecule has 0 aromatic heterocycles. The normalized spacial score (nSPS) is 21.8. The Labute approximate surface area is 119 Å². The smallest absolute Gasteiger partial charge is 0.227 e. The molecule has 0 spiro atoms. The van der Waals surface area contributed by atoms with Crippen LogP contribution in [0.3, 0.4) is 0 Å². The number of nitrogen functional groups attached to an aromatic ring is 1. The highest BCUT2D eigenvalue weighted by Gasteiger charge is 2.26. The maximum Gasteiger partial charge on any atom is 0.227 e. The molecule has 1 amide bonds. The summed E-state index contributed by atoms with van der Waals surface area (Å²) in [6.07, 6.45) is 6.03. The summed E-state index contributed by atoms with van der Waals surface area (Å²) in [5, 5.41) is 0. The van der Waals surface area contributed by atoms with Gasteiger partial charge in [0.25, 0.3) is 0 Å². The van der Waals surface area contributed by atoms with Crippen molar-refractivity contribution in [2.24, 2.45) is 0 Å². The van der Waals surface area contributed by atoms with E-state index in [4.69, 9.17) is 10.5 Å². The largest absolute Gasteiger partial charge is 0.398 e. The zero-order chi connectivity index (χ0) is 13.9. The van der Waals surface area contributed by atoms with Crippen molar-refractivity contribution in [1.82, 2.24) is 0 Å². The highest BCUT2D eigenvalue weighted by atomic mass is 16.5. The van der Waals surface area contributed by atoms with Gasteiger partial charge in [0, 0.05) is 36.5 Å². The molecule has 20 heavy (non-hydrogen) atoms. The minimum atomic E-state index is 0.198. The van der Waals surface area contributed by atoms with Crippen molar-refractivity contribution in [3.05, 3.63) is 23.8 Å². The monoisotopic (exact) mass is 274 g/mol. The molecule has 1 aromatic rings. The lowest BCUT2D eigenvalue weighted by atomic mass is 10.0. The minimum Gasteiger partial charge on any atom is -0.398 e. The van der Waals surface area contributed by atoms with Crippen LogP contribution in [0.2, 0.25) is 0 Å². The van der Waals surface area contributed by atoms with Gasteiger partial charge in [0.05, 0.1) is 6.10 Å². The number of hydrogen-bond acceptors (Lipinski definition) is 3. The fourth-order valence-corrected chi connectivity index (χ4v) is 3.17.